The number of carbonyl (C=O) groups is 1. The molecule has 0 aliphatic carbocycles. The number of nitrogens with two attached hydrogens (primary N) is 1. The third-order valence-electron chi connectivity index (χ3n) is 2.66. The summed E-state index contributed by atoms with van der Waals surface area (Å²) in [6, 6.07) is 0. The zero-order valence-corrected chi connectivity index (χ0v) is 9.40. The maximum Gasteiger partial charge on any atom is 0.325 e. The second-order valence-electron chi connectivity index (χ2n) is 4.41. The fourth-order valence-corrected chi connectivity index (χ4v) is 1.70. The minimum Gasteiger partial charge on any atom is -0.480 e. The van der Waals surface area contributed by atoms with Crippen LogP contribution in [-0.2, 0) is 9.53 Å². The van der Waals surface area contributed by atoms with E-state index in [2.05, 4.69) is 0 Å². The van der Waals surface area contributed by atoms with E-state index in [1.807, 2.05) is 18.7 Å². The van der Waals surface area contributed by atoms with E-state index >= 15 is 0 Å². The Morgan fingerprint density at radius 3 is 2.80 bits per heavy atom. The van der Waals surface area contributed by atoms with E-state index in [0.717, 1.165) is 13.1 Å². The molecule has 88 valence electrons. The number of aliphatic carboxylic acids is 1. The number of likely N-dealkylation sites (tertiary alicyclic amines) is 1. The molecule has 0 bridgehead atoms. The Labute approximate surface area is 90.2 Å². The van der Waals surface area contributed by atoms with Crippen LogP contribution in [0.2, 0.25) is 0 Å². The van der Waals surface area contributed by atoms with Gasteiger partial charge in [-0.15, -0.1) is 0 Å². The van der Waals surface area contributed by atoms with Gasteiger partial charge >= 0.3 is 5.97 Å². The highest BCUT2D eigenvalue weighted by atomic mass is 16.5. The molecule has 1 unspecified atom stereocenters. The van der Waals surface area contributed by atoms with E-state index in [4.69, 9.17) is 15.6 Å². The molecule has 1 fully saturated rings. The van der Waals surface area contributed by atoms with Crippen molar-refractivity contribution in [2.75, 3.05) is 26.2 Å². The molecule has 3 N–H and O–H groups in total. The lowest BCUT2D eigenvalue weighted by atomic mass is 10.0. The van der Waals surface area contributed by atoms with Crippen LogP contribution >= 0.6 is 0 Å². The molecule has 5 nitrogen and oxygen atoms in total. The van der Waals surface area contributed by atoms with Crippen LogP contribution in [0.5, 0.6) is 0 Å². The van der Waals surface area contributed by atoms with Gasteiger partial charge in [0.05, 0.1) is 12.7 Å². The van der Waals surface area contributed by atoms with Crippen molar-refractivity contribution >= 4 is 5.97 Å². The van der Waals surface area contributed by atoms with Crippen molar-refractivity contribution in [3.05, 3.63) is 0 Å². The molecule has 0 aromatic carbocycles. The lowest BCUT2D eigenvalue weighted by Crippen LogP contribution is -2.50. The van der Waals surface area contributed by atoms with Crippen molar-refractivity contribution in [2.24, 2.45) is 5.73 Å². The van der Waals surface area contributed by atoms with Crippen LogP contribution in [0.4, 0.5) is 0 Å². The van der Waals surface area contributed by atoms with Crippen molar-refractivity contribution in [1.82, 2.24) is 4.90 Å². The molecule has 0 amide bonds. The van der Waals surface area contributed by atoms with Crippen LogP contribution in [0.1, 0.15) is 20.3 Å². The molecular weight excluding hydrogens is 196 g/mol. The molecule has 1 aliphatic rings. The first-order valence-corrected chi connectivity index (χ1v) is 5.30. The first kappa shape index (κ1) is 12.4. The number of hydrogen-bond acceptors (Lipinski definition) is 4. The molecule has 0 radical (unpaired) electrons. The monoisotopic (exact) mass is 216 g/mol. The second-order valence-corrected chi connectivity index (χ2v) is 4.41. The summed E-state index contributed by atoms with van der Waals surface area (Å²) in [5.74, 6) is -0.908. The molecule has 0 spiro atoms. The highest BCUT2D eigenvalue weighted by molar-refractivity contribution is 5.79. The highest BCUT2D eigenvalue weighted by Gasteiger charge is 2.40. The van der Waals surface area contributed by atoms with Crippen LogP contribution in [-0.4, -0.2) is 53.9 Å². The van der Waals surface area contributed by atoms with Gasteiger partial charge in [-0.25, -0.2) is 0 Å². The molecular formula is C10H20N2O3. The van der Waals surface area contributed by atoms with Crippen LogP contribution in [0.25, 0.3) is 0 Å². The van der Waals surface area contributed by atoms with E-state index in [-0.39, 0.29) is 6.10 Å². The Bertz CT molecular complexity index is 233. The van der Waals surface area contributed by atoms with Crippen LogP contribution < -0.4 is 5.73 Å². The number of rotatable bonds is 5. The first-order chi connectivity index (χ1) is 6.94. The van der Waals surface area contributed by atoms with E-state index in [9.17, 15) is 4.79 Å². The zero-order chi connectivity index (χ0) is 11.5. The molecule has 1 heterocycles. The molecule has 1 saturated heterocycles. The van der Waals surface area contributed by atoms with Gasteiger partial charge in [0.1, 0.15) is 5.54 Å². The summed E-state index contributed by atoms with van der Waals surface area (Å²) in [6.45, 7) is 6.51. The second kappa shape index (κ2) is 4.92. The SMILES string of the molecule is CC(C)OCCN1CCC(N)(C(=O)O)C1. The molecule has 1 rings (SSSR count). The van der Waals surface area contributed by atoms with Gasteiger partial charge in [-0.3, -0.25) is 9.69 Å². The first-order valence-electron chi connectivity index (χ1n) is 5.30. The van der Waals surface area contributed by atoms with E-state index in [1.165, 1.54) is 0 Å². The third-order valence-corrected chi connectivity index (χ3v) is 2.66. The topological polar surface area (TPSA) is 75.8 Å². The van der Waals surface area contributed by atoms with Crippen molar-refractivity contribution in [2.45, 2.75) is 31.9 Å². The smallest absolute Gasteiger partial charge is 0.325 e. The summed E-state index contributed by atoms with van der Waals surface area (Å²) in [6.07, 6.45) is 0.735. The maximum absolute atomic E-state index is 10.9. The molecule has 15 heavy (non-hydrogen) atoms. The van der Waals surface area contributed by atoms with Crippen molar-refractivity contribution < 1.29 is 14.6 Å². The van der Waals surface area contributed by atoms with Crippen LogP contribution in [0.3, 0.4) is 0 Å². The van der Waals surface area contributed by atoms with Crippen molar-refractivity contribution in [1.29, 1.82) is 0 Å². The van der Waals surface area contributed by atoms with Crippen molar-refractivity contribution in [3.63, 3.8) is 0 Å². The fraction of sp³-hybridized carbons (Fsp3) is 0.900. The Hall–Kier alpha value is -0.650. The lowest BCUT2D eigenvalue weighted by Gasteiger charge is -2.20. The summed E-state index contributed by atoms with van der Waals surface area (Å²) in [5.41, 5.74) is 4.68. The largest absolute Gasteiger partial charge is 0.480 e. The highest BCUT2D eigenvalue weighted by Crippen LogP contribution is 2.18. The van der Waals surface area contributed by atoms with Crippen LogP contribution in [0.15, 0.2) is 0 Å². The van der Waals surface area contributed by atoms with Gasteiger partial charge in [-0.05, 0) is 20.3 Å². The minimum absolute atomic E-state index is 0.217. The van der Waals surface area contributed by atoms with Gasteiger partial charge in [-0.2, -0.15) is 0 Å². The zero-order valence-electron chi connectivity index (χ0n) is 9.40. The van der Waals surface area contributed by atoms with E-state index < -0.39 is 11.5 Å². The van der Waals surface area contributed by atoms with Gasteiger partial charge < -0.3 is 15.6 Å². The molecule has 0 saturated carbocycles. The molecule has 0 aromatic rings. The summed E-state index contributed by atoms with van der Waals surface area (Å²) in [4.78, 5) is 12.9. The Morgan fingerprint density at radius 1 is 1.67 bits per heavy atom. The third kappa shape index (κ3) is 3.44. The average molecular weight is 216 g/mol. The van der Waals surface area contributed by atoms with Gasteiger partial charge in [0, 0.05) is 19.6 Å². The number of carboxylic acid groups (broad SMARTS) is 1. The van der Waals surface area contributed by atoms with Gasteiger partial charge in [0.15, 0.2) is 0 Å². The summed E-state index contributed by atoms with van der Waals surface area (Å²) in [5, 5.41) is 8.92. The summed E-state index contributed by atoms with van der Waals surface area (Å²) >= 11 is 0. The molecule has 5 heteroatoms. The predicted octanol–water partition coefficient (Wildman–Crippen LogP) is -0.101. The lowest BCUT2D eigenvalue weighted by molar-refractivity contribution is -0.142. The standard InChI is InChI=1S/C10H20N2O3/c1-8(2)15-6-5-12-4-3-10(11,7-12)9(13)14/h8H,3-7,11H2,1-2H3,(H,13,14). The van der Waals surface area contributed by atoms with Gasteiger partial charge in [0.25, 0.3) is 0 Å². The van der Waals surface area contributed by atoms with Crippen LogP contribution in [0, 0.1) is 0 Å². The maximum atomic E-state index is 10.9. The number of nitrogens with zero attached hydrogens (tertiary/aromatic N) is 1. The Morgan fingerprint density at radius 2 is 2.33 bits per heavy atom. The van der Waals surface area contributed by atoms with E-state index in [1.54, 1.807) is 0 Å². The quantitative estimate of drug-likeness (QED) is 0.671. The van der Waals surface area contributed by atoms with Gasteiger partial charge in [-0.1, -0.05) is 0 Å². The van der Waals surface area contributed by atoms with Crippen molar-refractivity contribution in [3.8, 4) is 0 Å². The molecule has 1 atom stereocenters. The van der Waals surface area contributed by atoms with E-state index in [0.29, 0.717) is 19.6 Å². The summed E-state index contributed by atoms with van der Waals surface area (Å²) < 4.78 is 5.40. The Balaban J connectivity index is 2.28. The van der Waals surface area contributed by atoms with Gasteiger partial charge in [0.2, 0.25) is 0 Å². The minimum atomic E-state index is -1.06. The average Bonchev–Trinajstić information content (AvgIpc) is 2.48. The summed E-state index contributed by atoms with van der Waals surface area (Å²) in [7, 11) is 0. The molecule has 1 aliphatic heterocycles. The number of carboxylic acids is 1. The Kier molecular flexibility index (Phi) is 4.07. The number of ether oxygens (including phenoxy) is 1. The normalized spacial score (nSPS) is 27.5. The number of hydrogen-bond donors (Lipinski definition) is 2. The molecule has 0 aromatic heterocycles. The predicted molar refractivity (Wildman–Crippen MR) is 56.7 cm³/mol. The fourth-order valence-electron chi connectivity index (χ4n) is 1.70.